The molecule has 0 aromatic rings. The minimum absolute atomic E-state index is 0.0101. The maximum atomic E-state index is 12.2. The van der Waals surface area contributed by atoms with Gasteiger partial charge in [0, 0.05) is 29.8 Å². The fraction of sp³-hybridized carbons (Fsp3) is 0.769. The van der Waals surface area contributed by atoms with Crippen LogP contribution in [0.15, 0.2) is 36.5 Å². The lowest BCUT2D eigenvalue weighted by Gasteiger charge is -2.57. The van der Waals surface area contributed by atoms with Gasteiger partial charge in [-0.2, -0.15) is 0 Å². The Morgan fingerprint density at radius 1 is 0.969 bits per heavy atom. The number of methoxy groups -OCH3 is 1. The number of rotatable bonds is 3. The summed E-state index contributed by atoms with van der Waals surface area (Å²) < 4.78 is 30.2. The Balaban J connectivity index is 1.80. The molecule has 0 bridgehead atoms. The van der Waals surface area contributed by atoms with E-state index in [9.17, 15) is 5.11 Å². The minimum atomic E-state index is -0.968. The molecule has 0 aromatic carbocycles. The van der Waals surface area contributed by atoms with E-state index in [2.05, 4.69) is 45.1 Å². The van der Waals surface area contributed by atoms with Crippen LogP contribution in [0.25, 0.3) is 0 Å². The average Bonchev–Trinajstić information content (AvgIpc) is 3.14. The molecule has 6 heteroatoms. The Morgan fingerprint density at radius 2 is 1.66 bits per heavy atom. The summed E-state index contributed by atoms with van der Waals surface area (Å²) in [6.45, 7) is 13.9. The van der Waals surface area contributed by atoms with Crippen molar-refractivity contribution in [3.05, 3.63) is 36.5 Å². The molecular formula is C26H40O6. The topological polar surface area (TPSA) is 66.4 Å². The molecule has 4 rings (SSSR count). The molecule has 6 atom stereocenters. The molecule has 0 saturated carbocycles. The van der Waals surface area contributed by atoms with Crippen molar-refractivity contribution in [2.24, 2.45) is 22.7 Å². The lowest BCUT2D eigenvalue weighted by Crippen LogP contribution is -2.64. The molecule has 2 saturated heterocycles. The van der Waals surface area contributed by atoms with Crippen molar-refractivity contribution in [3.63, 3.8) is 0 Å². The molecule has 32 heavy (non-hydrogen) atoms. The summed E-state index contributed by atoms with van der Waals surface area (Å²) in [7, 11) is 1.68. The molecule has 6 nitrogen and oxygen atoms in total. The molecule has 180 valence electrons. The van der Waals surface area contributed by atoms with Gasteiger partial charge in [0.15, 0.2) is 11.6 Å². The van der Waals surface area contributed by atoms with Gasteiger partial charge in [0.25, 0.3) is 0 Å². The van der Waals surface area contributed by atoms with Crippen LogP contribution in [0.5, 0.6) is 0 Å². The van der Waals surface area contributed by atoms with Crippen LogP contribution in [0.2, 0.25) is 0 Å². The third kappa shape index (κ3) is 3.93. The van der Waals surface area contributed by atoms with Crippen LogP contribution in [-0.4, -0.2) is 61.4 Å². The van der Waals surface area contributed by atoms with Gasteiger partial charge in [-0.15, -0.1) is 0 Å². The molecular weight excluding hydrogens is 408 g/mol. The van der Waals surface area contributed by atoms with Crippen molar-refractivity contribution < 1.29 is 28.8 Å². The van der Waals surface area contributed by atoms with E-state index < -0.39 is 28.7 Å². The van der Waals surface area contributed by atoms with Crippen LogP contribution in [0.3, 0.4) is 0 Å². The maximum Gasteiger partial charge on any atom is 0.185 e. The molecule has 2 aliphatic carbocycles. The van der Waals surface area contributed by atoms with Crippen molar-refractivity contribution in [2.75, 3.05) is 26.9 Å². The smallest absolute Gasteiger partial charge is 0.185 e. The van der Waals surface area contributed by atoms with Crippen LogP contribution in [0.1, 0.15) is 48.0 Å². The second kappa shape index (κ2) is 8.03. The van der Waals surface area contributed by atoms with Crippen LogP contribution in [-0.2, 0) is 23.7 Å². The van der Waals surface area contributed by atoms with Crippen molar-refractivity contribution in [1.29, 1.82) is 0 Å². The normalized spacial score (nSPS) is 45.6. The predicted molar refractivity (Wildman–Crippen MR) is 122 cm³/mol. The predicted octanol–water partition coefficient (Wildman–Crippen LogP) is 4.00. The highest BCUT2D eigenvalue weighted by Gasteiger charge is 2.59. The fourth-order valence-electron chi connectivity index (χ4n) is 6.07. The van der Waals surface area contributed by atoms with Gasteiger partial charge >= 0.3 is 0 Å². The summed E-state index contributed by atoms with van der Waals surface area (Å²) in [6, 6.07) is 0. The number of aliphatic hydroxyl groups is 1. The number of hydrogen-bond acceptors (Lipinski definition) is 6. The average molecular weight is 449 g/mol. The first-order valence-electron chi connectivity index (χ1n) is 11.8. The van der Waals surface area contributed by atoms with Crippen molar-refractivity contribution in [1.82, 2.24) is 0 Å². The molecule has 4 aliphatic rings. The number of hydrogen-bond donors (Lipinski definition) is 1. The second-order valence-corrected chi connectivity index (χ2v) is 11.2. The van der Waals surface area contributed by atoms with E-state index in [1.807, 2.05) is 32.9 Å². The van der Waals surface area contributed by atoms with E-state index in [-0.39, 0.29) is 23.4 Å². The largest absolute Gasteiger partial charge is 0.389 e. The first-order chi connectivity index (χ1) is 14.9. The Labute approximate surface area is 192 Å². The first-order valence-corrected chi connectivity index (χ1v) is 11.8. The molecule has 1 N–H and O–H groups in total. The van der Waals surface area contributed by atoms with Gasteiger partial charge in [0.05, 0.1) is 32.0 Å². The summed E-state index contributed by atoms with van der Waals surface area (Å²) in [5.41, 5.74) is -1.71. The van der Waals surface area contributed by atoms with E-state index in [4.69, 9.17) is 23.7 Å². The molecule has 2 fully saturated rings. The highest BCUT2D eigenvalue weighted by molar-refractivity contribution is 5.28. The Kier molecular flexibility index (Phi) is 6.05. The van der Waals surface area contributed by atoms with Gasteiger partial charge in [-0.1, -0.05) is 45.1 Å². The number of aliphatic hydroxyl groups excluding tert-OH is 1. The molecule has 2 aliphatic heterocycles. The maximum absolute atomic E-state index is 12.2. The first kappa shape index (κ1) is 24.1. The number of fused-ring (bicyclic) bond motifs is 3. The third-order valence-corrected chi connectivity index (χ3v) is 8.06. The monoisotopic (exact) mass is 448 g/mol. The Hall–Kier alpha value is -1.02. The summed E-state index contributed by atoms with van der Waals surface area (Å²) >= 11 is 0. The lowest BCUT2D eigenvalue weighted by molar-refractivity contribution is -0.302. The fourth-order valence-corrected chi connectivity index (χ4v) is 6.07. The van der Waals surface area contributed by atoms with Crippen LogP contribution in [0.4, 0.5) is 0 Å². The van der Waals surface area contributed by atoms with Gasteiger partial charge < -0.3 is 28.8 Å². The van der Waals surface area contributed by atoms with Crippen LogP contribution >= 0.6 is 0 Å². The van der Waals surface area contributed by atoms with Crippen molar-refractivity contribution >= 4 is 0 Å². The van der Waals surface area contributed by atoms with Crippen molar-refractivity contribution in [3.8, 4) is 0 Å². The molecule has 0 radical (unpaired) electrons. The van der Waals surface area contributed by atoms with Gasteiger partial charge in [0.1, 0.15) is 5.60 Å². The van der Waals surface area contributed by atoms with E-state index in [1.54, 1.807) is 7.11 Å². The van der Waals surface area contributed by atoms with Gasteiger partial charge in [-0.25, -0.2) is 0 Å². The Morgan fingerprint density at radius 3 is 2.31 bits per heavy atom. The highest BCUT2D eigenvalue weighted by atomic mass is 16.7. The molecule has 0 unspecified atom stereocenters. The quantitative estimate of drug-likeness (QED) is 0.659. The molecule has 0 spiro atoms. The minimum Gasteiger partial charge on any atom is -0.389 e. The third-order valence-electron chi connectivity index (χ3n) is 8.06. The van der Waals surface area contributed by atoms with Crippen molar-refractivity contribution in [2.45, 2.75) is 77.3 Å². The van der Waals surface area contributed by atoms with E-state index in [0.29, 0.717) is 19.8 Å². The van der Waals surface area contributed by atoms with Gasteiger partial charge in [-0.3, -0.25) is 0 Å². The summed E-state index contributed by atoms with van der Waals surface area (Å²) in [6.07, 6.45) is 12.5. The van der Waals surface area contributed by atoms with Crippen LogP contribution < -0.4 is 0 Å². The van der Waals surface area contributed by atoms with E-state index in [0.717, 1.165) is 6.42 Å². The summed E-state index contributed by atoms with van der Waals surface area (Å²) in [5.74, 6) is -1.65. The second-order valence-electron chi connectivity index (χ2n) is 11.2. The SMILES string of the molecule is CO[C@]1(/C=C/C2(C)OCCO2)[C@H](O)[C@H]2[C@@H]3COC(C)(C)O[C@H]3C=C[C@@]2(C)/C=C\CC1(C)C. The zero-order valence-corrected chi connectivity index (χ0v) is 20.6. The highest BCUT2D eigenvalue weighted by Crippen LogP contribution is 2.55. The van der Waals surface area contributed by atoms with Gasteiger partial charge in [0.2, 0.25) is 0 Å². The zero-order chi connectivity index (χ0) is 23.4. The standard InChI is InChI=1S/C26H40O6/c1-22(2)10-8-11-24(5)12-9-19-18(17-31-23(3,4)32-19)20(24)21(27)26(22,28-7)14-13-25(6)29-15-16-30-25/h8-9,11-14,18-21,27H,10,15-17H2,1-7H3/b11-8-,14-13+/t18-,19+,20-,21-,24-,26-/m1/s1. The van der Waals surface area contributed by atoms with Crippen LogP contribution in [0, 0.1) is 22.7 Å². The van der Waals surface area contributed by atoms with Gasteiger partial charge in [-0.05, 0) is 39.3 Å². The van der Waals surface area contributed by atoms with E-state index in [1.165, 1.54) is 0 Å². The zero-order valence-electron chi connectivity index (χ0n) is 20.6. The number of ether oxygens (including phenoxy) is 5. The molecule has 0 amide bonds. The molecule has 2 heterocycles. The summed E-state index contributed by atoms with van der Waals surface area (Å²) in [5, 5.41) is 12.2. The number of allylic oxidation sites excluding steroid dienone is 3. The molecule has 0 aromatic heterocycles. The summed E-state index contributed by atoms with van der Waals surface area (Å²) in [4.78, 5) is 0. The Bertz CT molecular complexity index is 792. The van der Waals surface area contributed by atoms with E-state index >= 15 is 0 Å². The lowest BCUT2D eigenvalue weighted by atomic mass is 9.54.